The van der Waals surface area contributed by atoms with Crippen molar-refractivity contribution < 1.29 is 9.53 Å². The number of nitrogens with zero attached hydrogens (tertiary/aromatic N) is 2. The first kappa shape index (κ1) is 20.1. The number of hydrogen-bond acceptors (Lipinski definition) is 4. The fourth-order valence-electron chi connectivity index (χ4n) is 4.44. The van der Waals surface area contributed by atoms with Crippen LogP contribution in [-0.2, 0) is 16.9 Å². The summed E-state index contributed by atoms with van der Waals surface area (Å²) in [5, 5.41) is 2.88. The molecule has 5 heteroatoms. The van der Waals surface area contributed by atoms with Crippen molar-refractivity contribution in [2.45, 2.75) is 24.9 Å². The summed E-state index contributed by atoms with van der Waals surface area (Å²) in [5.74, 6) is 0.842. The van der Waals surface area contributed by atoms with Gasteiger partial charge in [0.25, 0.3) is 0 Å². The van der Waals surface area contributed by atoms with Gasteiger partial charge in [0.1, 0.15) is 11.3 Å². The molecule has 4 rings (SSSR count). The van der Waals surface area contributed by atoms with E-state index in [-0.39, 0.29) is 5.91 Å². The van der Waals surface area contributed by atoms with Crippen LogP contribution in [0.2, 0.25) is 0 Å². The van der Waals surface area contributed by atoms with E-state index in [4.69, 9.17) is 4.74 Å². The first-order valence-corrected chi connectivity index (χ1v) is 10.3. The Labute approximate surface area is 177 Å². The lowest BCUT2D eigenvalue weighted by Crippen LogP contribution is -2.52. The van der Waals surface area contributed by atoms with Gasteiger partial charge in [-0.2, -0.15) is 0 Å². The van der Waals surface area contributed by atoms with Crippen molar-refractivity contribution >= 4 is 5.91 Å². The van der Waals surface area contributed by atoms with Gasteiger partial charge in [0.05, 0.1) is 12.8 Å². The maximum atomic E-state index is 13.1. The van der Waals surface area contributed by atoms with Crippen LogP contribution in [0.5, 0.6) is 5.75 Å². The highest BCUT2D eigenvalue weighted by Crippen LogP contribution is 2.39. The first-order valence-electron chi connectivity index (χ1n) is 10.3. The zero-order valence-electron chi connectivity index (χ0n) is 17.5. The molecular weight excluding hydrogens is 374 g/mol. The minimum atomic E-state index is -0.734. The van der Waals surface area contributed by atoms with E-state index in [0.717, 1.165) is 42.0 Å². The number of methoxy groups -OCH3 is 1. The van der Waals surface area contributed by atoms with E-state index in [0.29, 0.717) is 6.54 Å². The predicted molar refractivity (Wildman–Crippen MR) is 118 cm³/mol. The van der Waals surface area contributed by atoms with Crippen LogP contribution >= 0.6 is 0 Å². The number of carbonyl (C=O) groups is 1. The molecule has 1 N–H and O–H groups in total. The van der Waals surface area contributed by atoms with Gasteiger partial charge in [-0.3, -0.25) is 14.7 Å². The summed E-state index contributed by atoms with van der Waals surface area (Å²) in [7, 11) is 3.38. The van der Waals surface area contributed by atoms with E-state index in [2.05, 4.69) is 45.5 Å². The summed E-state index contributed by atoms with van der Waals surface area (Å²) < 4.78 is 5.37. The molecule has 1 atom stereocenters. The Balaban J connectivity index is 1.67. The molecule has 2 heterocycles. The highest BCUT2D eigenvalue weighted by atomic mass is 16.5. The SMILES string of the molecule is CNC(=O)[C@]1(c2ccccn2)CCCN1Cc1cccc(-c2cccc(OC)c2)c1. The van der Waals surface area contributed by atoms with Crippen LogP contribution in [0.1, 0.15) is 24.1 Å². The summed E-state index contributed by atoms with van der Waals surface area (Å²) in [6.45, 7) is 1.54. The number of rotatable bonds is 6. The molecule has 5 nitrogen and oxygen atoms in total. The number of hydrogen-bond donors (Lipinski definition) is 1. The van der Waals surface area contributed by atoms with Crippen molar-refractivity contribution in [1.82, 2.24) is 15.2 Å². The third kappa shape index (κ3) is 3.68. The van der Waals surface area contributed by atoms with Gasteiger partial charge in [-0.1, -0.05) is 36.4 Å². The van der Waals surface area contributed by atoms with Crippen LogP contribution in [-0.4, -0.2) is 36.5 Å². The van der Waals surface area contributed by atoms with Crippen LogP contribution in [0.3, 0.4) is 0 Å². The first-order chi connectivity index (χ1) is 14.7. The molecule has 1 aromatic heterocycles. The second-order valence-corrected chi connectivity index (χ2v) is 7.61. The Morgan fingerprint density at radius 1 is 1.10 bits per heavy atom. The molecule has 0 spiro atoms. The molecule has 2 aromatic carbocycles. The van der Waals surface area contributed by atoms with Gasteiger partial charge in [0.2, 0.25) is 5.91 Å². The topological polar surface area (TPSA) is 54.5 Å². The average Bonchev–Trinajstić information content (AvgIpc) is 3.23. The predicted octanol–water partition coefficient (Wildman–Crippen LogP) is 3.99. The van der Waals surface area contributed by atoms with Crippen LogP contribution in [0, 0.1) is 0 Å². The number of carbonyl (C=O) groups excluding carboxylic acids is 1. The third-order valence-corrected chi connectivity index (χ3v) is 5.90. The molecule has 0 bridgehead atoms. The highest BCUT2D eigenvalue weighted by molar-refractivity contribution is 5.87. The normalized spacial score (nSPS) is 18.9. The van der Waals surface area contributed by atoms with E-state index in [1.807, 2.05) is 36.4 Å². The lowest BCUT2D eigenvalue weighted by atomic mass is 9.89. The van der Waals surface area contributed by atoms with Crippen molar-refractivity contribution in [3.63, 3.8) is 0 Å². The highest BCUT2D eigenvalue weighted by Gasteiger charge is 2.49. The van der Waals surface area contributed by atoms with Gasteiger partial charge in [-0.25, -0.2) is 0 Å². The molecule has 0 unspecified atom stereocenters. The second kappa shape index (κ2) is 8.67. The fourth-order valence-corrected chi connectivity index (χ4v) is 4.44. The molecule has 1 saturated heterocycles. The molecule has 154 valence electrons. The zero-order valence-corrected chi connectivity index (χ0v) is 17.5. The van der Waals surface area contributed by atoms with Crippen LogP contribution in [0.4, 0.5) is 0 Å². The number of ether oxygens (including phenoxy) is 1. The van der Waals surface area contributed by atoms with Crippen LogP contribution in [0.15, 0.2) is 72.9 Å². The summed E-state index contributed by atoms with van der Waals surface area (Å²) in [6.07, 6.45) is 3.48. The van der Waals surface area contributed by atoms with E-state index >= 15 is 0 Å². The summed E-state index contributed by atoms with van der Waals surface area (Å²) in [6, 6.07) is 22.4. The van der Waals surface area contributed by atoms with Gasteiger partial charge < -0.3 is 10.1 Å². The Morgan fingerprint density at radius 3 is 2.63 bits per heavy atom. The Hall–Kier alpha value is -3.18. The maximum absolute atomic E-state index is 13.1. The number of likely N-dealkylation sites (tertiary alicyclic amines) is 1. The van der Waals surface area contributed by atoms with Gasteiger partial charge in [-0.15, -0.1) is 0 Å². The molecule has 1 aliphatic heterocycles. The zero-order chi connectivity index (χ0) is 21.0. The van der Waals surface area contributed by atoms with E-state index < -0.39 is 5.54 Å². The minimum Gasteiger partial charge on any atom is -0.497 e. The molecule has 0 radical (unpaired) electrons. The molecule has 30 heavy (non-hydrogen) atoms. The Morgan fingerprint density at radius 2 is 1.90 bits per heavy atom. The van der Waals surface area contributed by atoms with Crippen molar-refractivity contribution in [2.75, 3.05) is 20.7 Å². The molecule has 1 aliphatic rings. The number of nitrogens with one attached hydrogen (secondary N) is 1. The van der Waals surface area contributed by atoms with E-state index in [1.54, 1.807) is 20.4 Å². The summed E-state index contributed by atoms with van der Waals surface area (Å²) in [4.78, 5) is 19.9. The van der Waals surface area contributed by atoms with Crippen LogP contribution in [0.25, 0.3) is 11.1 Å². The quantitative estimate of drug-likeness (QED) is 0.678. The summed E-state index contributed by atoms with van der Waals surface area (Å²) >= 11 is 0. The number of likely N-dealkylation sites (N-methyl/N-ethyl adjacent to an activating group) is 1. The second-order valence-electron chi connectivity index (χ2n) is 7.61. The largest absolute Gasteiger partial charge is 0.497 e. The maximum Gasteiger partial charge on any atom is 0.246 e. The monoisotopic (exact) mass is 401 g/mol. The van der Waals surface area contributed by atoms with E-state index in [1.165, 1.54) is 5.56 Å². The standard InChI is InChI=1S/C25H27N3O2/c1-26-24(29)25(23-12-3-4-14-27-23)13-7-15-28(25)18-19-8-5-9-20(16-19)21-10-6-11-22(17-21)30-2/h3-6,8-12,14,16-17H,7,13,15,18H2,1-2H3,(H,26,29)/t25-/m1/s1. The molecule has 1 fully saturated rings. The molecule has 0 saturated carbocycles. The fraction of sp³-hybridized carbons (Fsp3) is 0.280. The third-order valence-electron chi connectivity index (χ3n) is 5.90. The van der Waals surface area contributed by atoms with Gasteiger partial charge in [-0.05, 0) is 66.4 Å². The minimum absolute atomic E-state index is 0.00245. The number of pyridine rings is 1. The van der Waals surface area contributed by atoms with Crippen molar-refractivity contribution in [3.05, 3.63) is 84.2 Å². The van der Waals surface area contributed by atoms with Gasteiger partial charge in [0.15, 0.2) is 0 Å². The number of amides is 1. The van der Waals surface area contributed by atoms with Crippen molar-refractivity contribution in [1.29, 1.82) is 0 Å². The molecule has 3 aromatic rings. The van der Waals surface area contributed by atoms with Crippen LogP contribution < -0.4 is 10.1 Å². The van der Waals surface area contributed by atoms with Crippen molar-refractivity contribution in [3.8, 4) is 16.9 Å². The smallest absolute Gasteiger partial charge is 0.246 e. The average molecular weight is 402 g/mol. The Kier molecular flexibility index (Phi) is 5.81. The number of benzene rings is 2. The van der Waals surface area contributed by atoms with E-state index in [9.17, 15) is 4.79 Å². The van der Waals surface area contributed by atoms with Gasteiger partial charge in [0, 0.05) is 19.8 Å². The summed E-state index contributed by atoms with van der Waals surface area (Å²) in [5.41, 5.74) is 3.49. The number of aromatic nitrogens is 1. The lowest BCUT2D eigenvalue weighted by molar-refractivity contribution is -0.132. The molecule has 1 amide bonds. The van der Waals surface area contributed by atoms with Gasteiger partial charge >= 0.3 is 0 Å². The van der Waals surface area contributed by atoms with Crippen molar-refractivity contribution in [2.24, 2.45) is 0 Å². The lowest BCUT2D eigenvalue weighted by Gasteiger charge is -2.36. The Bertz CT molecular complexity index is 1020. The molecule has 0 aliphatic carbocycles. The molecular formula is C25H27N3O2.